The molecule has 1 aromatic heterocycles. The van der Waals surface area contributed by atoms with Crippen LogP contribution in [0, 0.1) is 11.7 Å². The van der Waals surface area contributed by atoms with Crippen LogP contribution in [0.25, 0.3) is 11.3 Å². The van der Waals surface area contributed by atoms with Crippen LogP contribution in [-0.4, -0.2) is 35.9 Å². The van der Waals surface area contributed by atoms with E-state index < -0.39 is 0 Å². The van der Waals surface area contributed by atoms with Gasteiger partial charge in [0.15, 0.2) is 0 Å². The van der Waals surface area contributed by atoms with E-state index in [4.69, 9.17) is 9.47 Å². The Labute approximate surface area is 162 Å². The van der Waals surface area contributed by atoms with Crippen molar-refractivity contribution in [1.82, 2.24) is 15.5 Å². The Morgan fingerprint density at radius 3 is 2.93 bits per heavy atom. The third kappa shape index (κ3) is 3.83. The standard InChI is InChI=1S/C21H22FN3O3/c1-27-19-8-7-18(24-25-19)17-11-15(22)9-14-10-16(28-20(14)17)12-23-21(26)13-5-3-2-4-6-13/h2-3,7-9,11,13,16H,4-6,10,12H2,1H3,(H,23,26). The summed E-state index contributed by atoms with van der Waals surface area (Å²) in [5, 5.41) is 11.0. The second kappa shape index (κ2) is 7.96. The van der Waals surface area contributed by atoms with Crippen LogP contribution in [0.15, 0.2) is 36.4 Å². The topological polar surface area (TPSA) is 73.3 Å². The molecule has 1 aliphatic heterocycles. The van der Waals surface area contributed by atoms with Gasteiger partial charge in [0.05, 0.1) is 19.3 Å². The minimum Gasteiger partial charge on any atom is -0.487 e. The lowest BCUT2D eigenvalue weighted by molar-refractivity contribution is -0.125. The summed E-state index contributed by atoms with van der Waals surface area (Å²) in [6, 6.07) is 6.26. The van der Waals surface area contributed by atoms with Crippen LogP contribution < -0.4 is 14.8 Å². The average Bonchev–Trinajstić information content (AvgIpc) is 3.15. The number of hydrogen-bond acceptors (Lipinski definition) is 5. The predicted molar refractivity (Wildman–Crippen MR) is 102 cm³/mol. The highest BCUT2D eigenvalue weighted by molar-refractivity contribution is 5.79. The molecule has 0 radical (unpaired) electrons. The summed E-state index contributed by atoms with van der Waals surface area (Å²) >= 11 is 0. The molecule has 0 fully saturated rings. The van der Waals surface area contributed by atoms with Crippen LogP contribution in [0.2, 0.25) is 0 Å². The zero-order valence-corrected chi connectivity index (χ0v) is 15.7. The van der Waals surface area contributed by atoms with Gasteiger partial charge in [-0.05, 0) is 37.5 Å². The van der Waals surface area contributed by atoms with Crippen molar-refractivity contribution in [3.63, 3.8) is 0 Å². The van der Waals surface area contributed by atoms with Gasteiger partial charge in [0, 0.05) is 29.5 Å². The molecule has 146 valence electrons. The summed E-state index contributed by atoms with van der Waals surface area (Å²) in [7, 11) is 1.51. The van der Waals surface area contributed by atoms with Crippen LogP contribution in [0.1, 0.15) is 24.8 Å². The van der Waals surface area contributed by atoms with Crippen LogP contribution in [0.3, 0.4) is 0 Å². The van der Waals surface area contributed by atoms with E-state index in [-0.39, 0.29) is 23.7 Å². The molecule has 2 unspecified atom stereocenters. The van der Waals surface area contributed by atoms with Gasteiger partial charge in [-0.2, -0.15) is 0 Å². The fraction of sp³-hybridized carbons (Fsp3) is 0.381. The van der Waals surface area contributed by atoms with Crippen molar-refractivity contribution >= 4 is 5.91 Å². The number of allylic oxidation sites excluding steroid dienone is 2. The Hall–Kier alpha value is -2.96. The van der Waals surface area contributed by atoms with Gasteiger partial charge in [-0.25, -0.2) is 4.39 Å². The highest BCUT2D eigenvalue weighted by Crippen LogP contribution is 2.39. The fourth-order valence-corrected chi connectivity index (χ4v) is 3.66. The Balaban J connectivity index is 1.46. The third-order valence-electron chi connectivity index (χ3n) is 5.13. The maximum atomic E-state index is 14.1. The minimum atomic E-state index is -0.353. The number of benzene rings is 1. The Kier molecular flexibility index (Phi) is 5.23. The lowest BCUT2D eigenvalue weighted by atomic mass is 9.93. The fourth-order valence-electron chi connectivity index (χ4n) is 3.66. The first-order valence-corrected chi connectivity index (χ1v) is 9.44. The highest BCUT2D eigenvalue weighted by Gasteiger charge is 2.29. The number of nitrogens with one attached hydrogen (secondary N) is 1. The van der Waals surface area contributed by atoms with E-state index in [0.717, 1.165) is 24.8 Å². The molecule has 0 bridgehead atoms. The molecule has 7 heteroatoms. The number of methoxy groups -OCH3 is 1. The first kappa shape index (κ1) is 18.4. The summed E-state index contributed by atoms with van der Waals surface area (Å²) in [5.41, 5.74) is 1.83. The van der Waals surface area contributed by atoms with Gasteiger partial charge in [-0.1, -0.05) is 12.2 Å². The quantitative estimate of drug-likeness (QED) is 0.804. The van der Waals surface area contributed by atoms with E-state index >= 15 is 0 Å². The summed E-state index contributed by atoms with van der Waals surface area (Å²) in [6.45, 7) is 0.392. The van der Waals surface area contributed by atoms with E-state index in [1.54, 1.807) is 12.1 Å². The van der Waals surface area contributed by atoms with Crippen molar-refractivity contribution in [2.45, 2.75) is 31.8 Å². The Bertz CT molecular complexity index is 899. The van der Waals surface area contributed by atoms with Gasteiger partial charge in [0.2, 0.25) is 11.8 Å². The molecule has 2 atom stereocenters. The molecule has 2 heterocycles. The van der Waals surface area contributed by atoms with E-state index in [2.05, 4.69) is 27.7 Å². The smallest absolute Gasteiger partial charge is 0.233 e. The second-order valence-electron chi connectivity index (χ2n) is 7.07. The summed E-state index contributed by atoms with van der Waals surface area (Å²) < 4.78 is 25.2. The molecule has 1 amide bonds. The van der Waals surface area contributed by atoms with Crippen LogP contribution >= 0.6 is 0 Å². The lowest BCUT2D eigenvalue weighted by Gasteiger charge is -2.19. The summed E-state index contributed by atoms with van der Waals surface area (Å²) in [6.07, 6.45) is 7.07. The first-order chi connectivity index (χ1) is 13.6. The summed E-state index contributed by atoms with van der Waals surface area (Å²) in [5.74, 6) is 0.706. The average molecular weight is 383 g/mol. The SMILES string of the molecule is COc1ccc(-c2cc(F)cc3c2OC(CNC(=O)C2CC=CCC2)C3)nn1. The number of ether oxygens (including phenoxy) is 2. The number of aromatic nitrogens is 2. The molecule has 0 saturated carbocycles. The van der Waals surface area contributed by atoms with Crippen LogP contribution in [0.4, 0.5) is 4.39 Å². The van der Waals surface area contributed by atoms with Gasteiger partial charge in [0.25, 0.3) is 0 Å². The molecule has 0 spiro atoms. The molecular weight excluding hydrogens is 361 g/mol. The van der Waals surface area contributed by atoms with E-state index in [1.165, 1.54) is 19.2 Å². The number of carbonyl (C=O) groups excluding carboxylic acids is 1. The van der Waals surface area contributed by atoms with Gasteiger partial charge < -0.3 is 14.8 Å². The largest absolute Gasteiger partial charge is 0.487 e. The van der Waals surface area contributed by atoms with Crippen molar-refractivity contribution in [2.75, 3.05) is 13.7 Å². The van der Waals surface area contributed by atoms with Crippen LogP contribution in [-0.2, 0) is 11.2 Å². The first-order valence-electron chi connectivity index (χ1n) is 9.44. The van der Waals surface area contributed by atoms with Crippen LogP contribution in [0.5, 0.6) is 11.6 Å². The maximum absolute atomic E-state index is 14.1. The molecule has 2 aromatic rings. The number of rotatable bonds is 5. The van der Waals surface area contributed by atoms with Crippen molar-refractivity contribution in [2.24, 2.45) is 5.92 Å². The number of carbonyl (C=O) groups is 1. The van der Waals surface area contributed by atoms with E-state index in [9.17, 15) is 9.18 Å². The number of nitrogens with zero attached hydrogens (tertiary/aromatic N) is 2. The number of amides is 1. The van der Waals surface area contributed by atoms with Crippen molar-refractivity contribution < 1.29 is 18.7 Å². The van der Waals surface area contributed by atoms with Gasteiger partial charge >= 0.3 is 0 Å². The van der Waals surface area contributed by atoms with Gasteiger partial charge in [-0.3, -0.25) is 4.79 Å². The second-order valence-corrected chi connectivity index (χ2v) is 7.07. The molecule has 1 aromatic carbocycles. The Morgan fingerprint density at radius 1 is 1.32 bits per heavy atom. The van der Waals surface area contributed by atoms with E-state index in [0.29, 0.717) is 35.9 Å². The molecular formula is C21H22FN3O3. The normalized spacial score (nSPS) is 20.4. The van der Waals surface area contributed by atoms with Crippen molar-refractivity contribution in [3.8, 4) is 22.9 Å². The van der Waals surface area contributed by atoms with Gasteiger partial charge in [-0.15, -0.1) is 10.2 Å². The minimum absolute atomic E-state index is 0.0244. The van der Waals surface area contributed by atoms with Gasteiger partial charge in [0.1, 0.15) is 17.7 Å². The number of hydrogen-bond donors (Lipinski definition) is 1. The zero-order valence-electron chi connectivity index (χ0n) is 15.7. The van der Waals surface area contributed by atoms with Crippen molar-refractivity contribution in [3.05, 3.63) is 47.8 Å². The predicted octanol–water partition coefficient (Wildman–Crippen LogP) is 3.07. The molecule has 2 aliphatic rings. The molecule has 28 heavy (non-hydrogen) atoms. The van der Waals surface area contributed by atoms with E-state index in [1.807, 2.05) is 0 Å². The lowest BCUT2D eigenvalue weighted by Crippen LogP contribution is -2.38. The molecule has 1 N–H and O–H groups in total. The molecule has 6 nitrogen and oxygen atoms in total. The molecule has 0 saturated heterocycles. The number of halogens is 1. The summed E-state index contributed by atoms with van der Waals surface area (Å²) in [4.78, 5) is 12.3. The molecule has 4 rings (SSSR count). The monoisotopic (exact) mass is 383 g/mol. The maximum Gasteiger partial charge on any atom is 0.233 e. The number of fused-ring (bicyclic) bond motifs is 1. The Morgan fingerprint density at radius 2 is 2.21 bits per heavy atom. The van der Waals surface area contributed by atoms with Crippen molar-refractivity contribution in [1.29, 1.82) is 0 Å². The molecule has 1 aliphatic carbocycles. The zero-order chi connectivity index (χ0) is 19.5. The highest BCUT2D eigenvalue weighted by atomic mass is 19.1. The third-order valence-corrected chi connectivity index (χ3v) is 5.13.